The van der Waals surface area contributed by atoms with Crippen molar-refractivity contribution in [3.05, 3.63) is 94.8 Å². The number of para-hydroxylation sites is 1. The minimum Gasteiger partial charge on any atom is -0.305 e. The minimum absolute atomic E-state index is 0.0137. The van der Waals surface area contributed by atoms with Crippen LogP contribution < -0.4 is 4.90 Å². The van der Waals surface area contributed by atoms with Crippen molar-refractivity contribution in [3.63, 3.8) is 0 Å². The summed E-state index contributed by atoms with van der Waals surface area (Å²) >= 11 is 6.28. The van der Waals surface area contributed by atoms with Gasteiger partial charge in [-0.1, -0.05) is 60.1 Å². The van der Waals surface area contributed by atoms with E-state index < -0.39 is 11.0 Å². The number of nitrogens with zero attached hydrogens (tertiary/aromatic N) is 2. The highest BCUT2D eigenvalue weighted by Gasteiger charge is 2.75. The second kappa shape index (κ2) is 6.51. The summed E-state index contributed by atoms with van der Waals surface area (Å²) in [5.74, 6) is -0.232. The Balaban J connectivity index is 1.81. The molecule has 0 N–H and O–H groups in total. The Bertz CT molecular complexity index is 1180. The van der Waals surface area contributed by atoms with Crippen molar-refractivity contribution in [2.75, 3.05) is 4.90 Å². The molecule has 1 fully saturated rings. The molecule has 0 radical (unpaired) electrons. The standard InChI is InChI=1S/C25H21ClN2O2/c1-16(29)28-22-11-7-6-10-19(22)25(23(30)17-8-4-3-5-9-17)20(15-24(25,28)2)21-14-18(26)12-13-27-21/h3-14,20H,15H2,1-2H3/t20-,24+,25-/m1/s1. The van der Waals surface area contributed by atoms with Crippen LogP contribution in [-0.2, 0) is 10.2 Å². The predicted molar refractivity (Wildman–Crippen MR) is 117 cm³/mol. The monoisotopic (exact) mass is 416 g/mol. The zero-order valence-corrected chi connectivity index (χ0v) is 17.6. The van der Waals surface area contributed by atoms with E-state index in [1.54, 1.807) is 19.2 Å². The maximum Gasteiger partial charge on any atom is 0.224 e. The molecule has 0 spiro atoms. The van der Waals surface area contributed by atoms with E-state index >= 15 is 0 Å². The van der Waals surface area contributed by atoms with Gasteiger partial charge in [0.2, 0.25) is 5.91 Å². The fraction of sp³-hybridized carbons (Fsp3) is 0.240. The summed E-state index contributed by atoms with van der Waals surface area (Å²) in [6, 6.07) is 20.7. The molecule has 1 aliphatic heterocycles. The van der Waals surface area contributed by atoms with Gasteiger partial charge < -0.3 is 4.90 Å². The van der Waals surface area contributed by atoms with Gasteiger partial charge in [0.05, 0.1) is 11.0 Å². The molecule has 2 aromatic carbocycles. The number of hydrogen-bond donors (Lipinski definition) is 0. The average molecular weight is 417 g/mol. The first-order valence-corrected chi connectivity index (χ1v) is 10.4. The summed E-state index contributed by atoms with van der Waals surface area (Å²) in [5, 5.41) is 0.589. The van der Waals surface area contributed by atoms with Gasteiger partial charge in [0.1, 0.15) is 0 Å². The Hall–Kier alpha value is -2.98. The second-order valence-corrected chi connectivity index (χ2v) is 8.74. The van der Waals surface area contributed by atoms with Crippen LogP contribution in [0.5, 0.6) is 0 Å². The largest absolute Gasteiger partial charge is 0.305 e. The molecule has 30 heavy (non-hydrogen) atoms. The summed E-state index contributed by atoms with van der Waals surface area (Å²) in [6.07, 6.45) is 2.31. The third kappa shape index (κ3) is 2.25. The smallest absolute Gasteiger partial charge is 0.224 e. The number of benzene rings is 2. The average Bonchev–Trinajstić information content (AvgIpc) is 2.90. The Morgan fingerprint density at radius 3 is 2.47 bits per heavy atom. The van der Waals surface area contributed by atoms with Crippen molar-refractivity contribution < 1.29 is 9.59 Å². The Morgan fingerprint density at radius 1 is 1.07 bits per heavy atom. The molecule has 4 nitrogen and oxygen atoms in total. The van der Waals surface area contributed by atoms with E-state index in [4.69, 9.17) is 11.6 Å². The Kier molecular flexibility index (Phi) is 4.13. The molecule has 1 saturated carbocycles. The number of hydrogen-bond acceptors (Lipinski definition) is 3. The van der Waals surface area contributed by atoms with Crippen molar-refractivity contribution in [2.45, 2.75) is 37.1 Å². The maximum atomic E-state index is 14.2. The lowest BCUT2D eigenvalue weighted by molar-refractivity contribution is -0.118. The van der Waals surface area contributed by atoms with Crippen molar-refractivity contribution in [3.8, 4) is 0 Å². The van der Waals surface area contributed by atoms with E-state index in [1.165, 1.54) is 0 Å². The van der Waals surface area contributed by atoms with Crippen LogP contribution >= 0.6 is 11.6 Å². The molecule has 1 amide bonds. The van der Waals surface area contributed by atoms with Crippen LogP contribution in [0.25, 0.3) is 0 Å². The number of pyridine rings is 1. The molecule has 2 aliphatic rings. The first-order valence-electron chi connectivity index (χ1n) is 10.0. The Morgan fingerprint density at radius 2 is 1.77 bits per heavy atom. The third-order valence-electron chi connectivity index (χ3n) is 6.85. The molecule has 0 saturated heterocycles. The van der Waals surface area contributed by atoms with Gasteiger partial charge in [0, 0.05) is 41.0 Å². The van der Waals surface area contributed by atoms with Crippen LogP contribution in [0.1, 0.15) is 47.8 Å². The number of ketones is 1. The molecule has 5 rings (SSSR count). The van der Waals surface area contributed by atoms with E-state index in [9.17, 15) is 9.59 Å². The van der Waals surface area contributed by atoms with E-state index in [-0.39, 0.29) is 17.6 Å². The highest BCUT2D eigenvalue weighted by molar-refractivity contribution is 6.30. The zero-order chi connectivity index (χ0) is 21.1. The summed E-state index contributed by atoms with van der Waals surface area (Å²) < 4.78 is 0. The van der Waals surface area contributed by atoms with Gasteiger partial charge >= 0.3 is 0 Å². The molecular weight excluding hydrogens is 396 g/mol. The van der Waals surface area contributed by atoms with Crippen molar-refractivity contribution in [1.29, 1.82) is 0 Å². The lowest BCUT2D eigenvalue weighted by Gasteiger charge is -2.60. The number of carbonyl (C=O) groups is 2. The number of fused-ring (bicyclic) bond motifs is 3. The van der Waals surface area contributed by atoms with Crippen LogP contribution in [0, 0.1) is 0 Å². The van der Waals surface area contributed by atoms with Crippen molar-refractivity contribution >= 4 is 29.0 Å². The number of carbonyl (C=O) groups excluding carboxylic acids is 2. The van der Waals surface area contributed by atoms with Gasteiger partial charge in [-0.05, 0) is 37.1 Å². The van der Waals surface area contributed by atoms with Crippen LogP contribution in [0.2, 0.25) is 5.02 Å². The molecule has 1 aromatic heterocycles. The molecule has 150 valence electrons. The van der Waals surface area contributed by atoms with E-state index in [0.717, 1.165) is 16.9 Å². The van der Waals surface area contributed by atoms with Crippen molar-refractivity contribution in [2.24, 2.45) is 0 Å². The molecular formula is C25H21ClN2O2. The molecule has 3 atom stereocenters. The normalized spacial score (nSPS) is 26.5. The van der Waals surface area contributed by atoms with Crippen LogP contribution in [0.4, 0.5) is 5.69 Å². The highest BCUT2D eigenvalue weighted by atomic mass is 35.5. The summed E-state index contributed by atoms with van der Waals surface area (Å²) in [4.78, 5) is 33.4. The topological polar surface area (TPSA) is 50.3 Å². The zero-order valence-electron chi connectivity index (χ0n) is 16.8. The first-order chi connectivity index (χ1) is 14.4. The van der Waals surface area contributed by atoms with E-state index in [0.29, 0.717) is 17.0 Å². The van der Waals surface area contributed by atoms with Crippen LogP contribution in [-0.4, -0.2) is 22.2 Å². The van der Waals surface area contributed by atoms with Gasteiger partial charge in [-0.25, -0.2) is 0 Å². The highest BCUT2D eigenvalue weighted by Crippen LogP contribution is 2.70. The van der Waals surface area contributed by atoms with Crippen molar-refractivity contribution in [1.82, 2.24) is 4.98 Å². The van der Waals surface area contributed by atoms with Gasteiger partial charge in [0.25, 0.3) is 0 Å². The fourth-order valence-corrected chi connectivity index (χ4v) is 5.93. The molecule has 5 heteroatoms. The first kappa shape index (κ1) is 19.0. The van der Waals surface area contributed by atoms with E-state index in [2.05, 4.69) is 4.98 Å². The van der Waals surface area contributed by atoms with Gasteiger partial charge in [-0.2, -0.15) is 0 Å². The summed E-state index contributed by atoms with van der Waals surface area (Å²) in [6.45, 7) is 3.59. The number of rotatable bonds is 3. The molecule has 0 bridgehead atoms. The Labute approximate surface area is 180 Å². The number of Topliss-reactive ketones (excluding diaryl/α,β-unsaturated/α-hetero) is 1. The lowest BCUT2D eigenvalue weighted by Crippen LogP contribution is -2.71. The number of aromatic nitrogens is 1. The second-order valence-electron chi connectivity index (χ2n) is 8.30. The number of anilines is 1. The quantitative estimate of drug-likeness (QED) is 0.553. The molecule has 3 aromatic rings. The third-order valence-corrected chi connectivity index (χ3v) is 7.08. The lowest BCUT2D eigenvalue weighted by atomic mass is 9.44. The fourth-order valence-electron chi connectivity index (χ4n) is 5.77. The van der Waals surface area contributed by atoms with Crippen LogP contribution in [0.15, 0.2) is 72.9 Å². The predicted octanol–water partition coefficient (Wildman–Crippen LogP) is 5.17. The van der Waals surface area contributed by atoms with Gasteiger partial charge in [-0.3, -0.25) is 14.6 Å². The summed E-state index contributed by atoms with van der Waals surface area (Å²) in [5.41, 5.74) is 1.51. The maximum absolute atomic E-state index is 14.2. The van der Waals surface area contributed by atoms with Crippen LogP contribution in [0.3, 0.4) is 0 Å². The molecule has 2 heterocycles. The summed E-state index contributed by atoms with van der Waals surface area (Å²) in [7, 11) is 0. The van der Waals surface area contributed by atoms with Gasteiger partial charge in [0.15, 0.2) is 5.78 Å². The molecule has 0 unspecified atom stereocenters. The minimum atomic E-state index is -0.922. The molecule has 1 aliphatic carbocycles. The number of amides is 1. The van der Waals surface area contributed by atoms with E-state index in [1.807, 2.05) is 72.5 Å². The number of halogens is 1. The van der Waals surface area contributed by atoms with Gasteiger partial charge in [-0.15, -0.1) is 0 Å². The SMILES string of the molecule is CC(=O)N1c2ccccc2[C@]2(C(=O)c3ccccc3)[C@@H](c3cc(Cl)ccn3)C[C@]12C.